The predicted octanol–water partition coefficient (Wildman–Crippen LogP) is -1.49. The molecule has 0 unspecified atom stereocenters. The van der Waals surface area contributed by atoms with Crippen LogP contribution in [-0.2, 0) is 14.4 Å². The van der Waals surface area contributed by atoms with Crippen molar-refractivity contribution in [3.8, 4) is 0 Å². The van der Waals surface area contributed by atoms with E-state index in [0.29, 0.717) is 0 Å². The van der Waals surface area contributed by atoms with Crippen LogP contribution in [-0.4, -0.2) is 62.3 Å². The fourth-order valence-corrected chi connectivity index (χ4v) is 2.79. The second-order valence-electron chi connectivity index (χ2n) is 4.81. The van der Waals surface area contributed by atoms with Crippen LogP contribution in [0.1, 0.15) is 12.6 Å². The molecule has 0 spiro atoms. The second kappa shape index (κ2) is 6.19. The van der Waals surface area contributed by atoms with E-state index in [9.17, 15) is 9.59 Å². The summed E-state index contributed by atoms with van der Waals surface area (Å²) < 4.78 is 0. The van der Waals surface area contributed by atoms with Crippen molar-refractivity contribution in [2.75, 3.05) is 17.7 Å². The average molecular weight is 351 g/mol. The van der Waals surface area contributed by atoms with E-state index in [4.69, 9.17) is 5.73 Å². The van der Waals surface area contributed by atoms with Crippen LogP contribution in [0.25, 0.3) is 0 Å². The van der Waals surface area contributed by atoms with Crippen molar-refractivity contribution in [3.63, 3.8) is 0 Å². The number of amides is 2. The molecule has 1 aliphatic rings. The summed E-state index contributed by atoms with van der Waals surface area (Å²) >= 11 is 1.16. The number of anilines is 2. The number of tetrazole rings is 1. The van der Waals surface area contributed by atoms with Gasteiger partial charge in [-0.25, -0.2) is 4.98 Å². The molecular formula is C11H13N9O3S. The quantitative estimate of drug-likeness (QED) is 0.333. The van der Waals surface area contributed by atoms with Crippen molar-refractivity contribution in [2.24, 2.45) is 5.16 Å². The number of nitrogen functional groups attached to an aromatic ring is 1. The molecule has 12 nitrogen and oxygen atoms in total. The number of hydrogen-bond donors (Lipinski definition) is 3. The zero-order valence-electron chi connectivity index (χ0n) is 12.6. The van der Waals surface area contributed by atoms with Crippen molar-refractivity contribution in [3.05, 3.63) is 11.1 Å². The summed E-state index contributed by atoms with van der Waals surface area (Å²) in [7, 11) is 1.30. The van der Waals surface area contributed by atoms with E-state index in [1.54, 1.807) is 12.3 Å². The maximum Gasteiger partial charge on any atom is 0.276 e. The van der Waals surface area contributed by atoms with E-state index in [-0.39, 0.29) is 34.4 Å². The molecule has 0 radical (unpaired) electrons. The van der Waals surface area contributed by atoms with Gasteiger partial charge in [-0.05, 0) is 12.1 Å². The maximum absolute atomic E-state index is 12.4. The Morgan fingerprint density at radius 3 is 2.92 bits per heavy atom. The van der Waals surface area contributed by atoms with E-state index in [1.165, 1.54) is 12.0 Å². The number of nitrogens with zero attached hydrogens (tertiary/aromatic N) is 6. The highest BCUT2D eigenvalue weighted by molar-refractivity contribution is 7.13. The second-order valence-corrected chi connectivity index (χ2v) is 5.69. The van der Waals surface area contributed by atoms with Gasteiger partial charge in [-0.2, -0.15) is 5.21 Å². The van der Waals surface area contributed by atoms with Crippen molar-refractivity contribution in [1.29, 1.82) is 0 Å². The van der Waals surface area contributed by atoms with Crippen LogP contribution in [0.15, 0.2) is 10.5 Å². The van der Waals surface area contributed by atoms with Gasteiger partial charge < -0.3 is 15.9 Å². The van der Waals surface area contributed by atoms with Gasteiger partial charge in [0.05, 0.1) is 6.04 Å². The normalized spacial score (nSPS) is 20.7. The van der Waals surface area contributed by atoms with E-state index in [2.05, 4.69) is 40.9 Å². The smallest absolute Gasteiger partial charge is 0.276 e. The van der Waals surface area contributed by atoms with Gasteiger partial charge in [0, 0.05) is 5.38 Å². The van der Waals surface area contributed by atoms with Crippen LogP contribution < -0.4 is 16.0 Å². The third-order valence-corrected chi connectivity index (χ3v) is 4.07. The zero-order valence-corrected chi connectivity index (χ0v) is 13.4. The monoisotopic (exact) mass is 351 g/mol. The van der Waals surface area contributed by atoms with Gasteiger partial charge >= 0.3 is 0 Å². The van der Waals surface area contributed by atoms with E-state index in [0.717, 1.165) is 11.3 Å². The lowest BCUT2D eigenvalue weighted by atomic mass is 9.97. The first kappa shape index (κ1) is 15.8. The number of β-lactam (4-membered cyclic amide) rings is 1. The van der Waals surface area contributed by atoms with Gasteiger partial charge in [0.15, 0.2) is 10.8 Å². The van der Waals surface area contributed by atoms with Gasteiger partial charge in [-0.1, -0.05) is 10.3 Å². The Morgan fingerprint density at radius 2 is 2.38 bits per heavy atom. The van der Waals surface area contributed by atoms with Crippen molar-refractivity contribution >= 4 is 39.9 Å². The minimum atomic E-state index is -0.742. The molecule has 2 atom stereocenters. The largest absolute Gasteiger partial charge is 0.398 e. The molecule has 3 heterocycles. The summed E-state index contributed by atoms with van der Waals surface area (Å²) in [6, 6.07) is -1.09. The number of carbonyl (C=O) groups is 2. The predicted molar refractivity (Wildman–Crippen MR) is 83.1 cm³/mol. The minimum absolute atomic E-state index is 0.0662. The molecule has 126 valence electrons. The molecule has 4 N–H and O–H groups in total. The highest BCUT2D eigenvalue weighted by Crippen LogP contribution is 2.24. The first-order valence-electron chi connectivity index (χ1n) is 6.72. The standard InChI is InChI=1S/C11H13N9O3S/c1-4-6(9(22)20(4)11-15-18-19-16-11)14-8(21)7(17-23-2)5-3-24-10(12)13-5/h3-4,6H,1-2H3,(H2,12,13)(H,14,21)(H,15,16,18,19)/t4-,6-/m0/s1. The fraction of sp³-hybridized carbons (Fsp3) is 0.364. The molecule has 2 aromatic heterocycles. The minimum Gasteiger partial charge on any atom is -0.398 e. The lowest BCUT2D eigenvalue weighted by molar-refractivity contribution is -0.130. The summed E-state index contributed by atoms with van der Waals surface area (Å²) in [6.07, 6.45) is 0. The molecule has 0 bridgehead atoms. The van der Waals surface area contributed by atoms with Crippen LogP contribution in [0, 0.1) is 0 Å². The highest BCUT2D eigenvalue weighted by Gasteiger charge is 2.48. The number of nitrogens with one attached hydrogen (secondary N) is 2. The molecule has 1 saturated heterocycles. The number of nitrogens with two attached hydrogens (primary N) is 1. The van der Waals surface area contributed by atoms with E-state index < -0.39 is 11.9 Å². The molecule has 13 heteroatoms. The SMILES string of the molecule is CON=C(C(=O)N[C@@H]1C(=O)N(c2nn[nH]n2)[C@H]1C)c1csc(N)n1. The maximum atomic E-state index is 12.4. The Kier molecular flexibility index (Phi) is 4.07. The van der Waals surface area contributed by atoms with Gasteiger partial charge in [-0.15, -0.1) is 16.4 Å². The Labute approximate surface area is 139 Å². The Bertz CT molecular complexity index is 787. The number of H-pyrrole nitrogens is 1. The van der Waals surface area contributed by atoms with Crippen LogP contribution in [0.2, 0.25) is 0 Å². The molecule has 1 fully saturated rings. The van der Waals surface area contributed by atoms with Gasteiger partial charge in [0.25, 0.3) is 17.8 Å². The molecule has 2 aromatic rings. The molecule has 1 aliphatic heterocycles. The average Bonchev–Trinajstić information content (AvgIpc) is 3.22. The highest BCUT2D eigenvalue weighted by atomic mass is 32.1. The molecule has 0 aromatic carbocycles. The molecule has 24 heavy (non-hydrogen) atoms. The summed E-state index contributed by atoms with van der Waals surface area (Å²) in [5.41, 5.74) is 5.77. The van der Waals surface area contributed by atoms with Crippen LogP contribution in [0.5, 0.6) is 0 Å². The number of aromatic amines is 1. The van der Waals surface area contributed by atoms with Gasteiger partial charge in [0.1, 0.15) is 18.8 Å². The lowest BCUT2D eigenvalue weighted by Gasteiger charge is -2.42. The van der Waals surface area contributed by atoms with Crippen LogP contribution >= 0.6 is 11.3 Å². The van der Waals surface area contributed by atoms with Crippen molar-refractivity contribution < 1.29 is 14.4 Å². The summed E-state index contributed by atoms with van der Waals surface area (Å²) in [5.74, 6) is -0.803. The number of carbonyl (C=O) groups excluding carboxylic acids is 2. The molecule has 3 rings (SSSR count). The first-order chi connectivity index (χ1) is 11.5. The van der Waals surface area contributed by atoms with E-state index >= 15 is 0 Å². The number of aromatic nitrogens is 5. The summed E-state index contributed by atoms with van der Waals surface area (Å²) in [4.78, 5) is 34.6. The first-order valence-corrected chi connectivity index (χ1v) is 7.60. The Balaban J connectivity index is 1.72. The lowest BCUT2D eigenvalue weighted by Crippen LogP contribution is -2.70. The molecular weight excluding hydrogens is 338 g/mol. The fourth-order valence-electron chi connectivity index (χ4n) is 2.25. The Morgan fingerprint density at radius 1 is 1.58 bits per heavy atom. The van der Waals surface area contributed by atoms with Crippen LogP contribution in [0.4, 0.5) is 11.1 Å². The number of thiazole rings is 1. The van der Waals surface area contributed by atoms with Gasteiger partial charge in [-0.3, -0.25) is 14.5 Å². The topological polar surface area (TPSA) is 164 Å². The molecule has 0 aliphatic carbocycles. The van der Waals surface area contributed by atoms with Crippen molar-refractivity contribution in [1.82, 2.24) is 30.9 Å². The number of rotatable bonds is 5. The zero-order chi connectivity index (χ0) is 17.3. The summed E-state index contributed by atoms with van der Waals surface area (Å²) in [5, 5.41) is 21.3. The third-order valence-electron chi connectivity index (χ3n) is 3.39. The molecule has 0 saturated carbocycles. The van der Waals surface area contributed by atoms with Crippen molar-refractivity contribution in [2.45, 2.75) is 19.0 Å². The van der Waals surface area contributed by atoms with Gasteiger partial charge in [0.2, 0.25) is 0 Å². The van der Waals surface area contributed by atoms with Crippen LogP contribution in [0.3, 0.4) is 0 Å². The van der Waals surface area contributed by atoms with E-state index in [1.807, 2.05) is 0 Å². The third kappa shape index (κ3) is 2.64. The molecule has 2 amide bonds. The number of hydrogen-bond acceptors (Lipinski definition) is 10. The summed E-state index contributed by atoms with van der Waals surface area (Å²) in [6.45, 7) is 1.75. The number of oxime groups is 1. The Hall–Kier alpha value is -3.09.